The van der Waals surface area contributed by atoms with E-state index in [2.05, 4.69) is 25.3 Å². The van der Waals surface area contributed by atoms with Gasteiger partial charge in [0.25, 0.3) is 0 Å². The SMILES string of the molecule is CCOC(=O)NC(=S)Nc1nc(OC)ncc1OC. The fourth-order valence-corrected chi connectivity index (χ4v) is 1.27. The van der Waals surface area contributed by atoms with Crippen molar-refractivity contribution in [2.75, 3.05) is 26.1 Å². The van der Waals surface area contributed by atoms with Gasteiger partial charge in [0.05, 0.1) is 27.0 Å². The summed E-state index contributed by atoms with van der Waals surface area (Å²) in [6.45, 7) is 1.94. The third-order valence-electron chi connectivity index (χ3n) is 1.86. The normalized spacial score (nSPS) is 9.42. The Morgan fingerprint density at radius 2 is 2.16 bits per heavy atom. The molecule has 0 spiro atoms. The van der Waals surface area contributed by atoms with Crippen molar-refractivity contribution in [3.05, 3.63) is 6.20 Å². The molecule has 0 aliphatic rings. The van der Waals surface area contributed by atoms with E-state index in [-0.39, 0.29) is 23.5 Å². The highest BCUT2D eigenvalue weighted by atomic mass is 32.1. The summed E-state index contributed by atoms with van der Waals surface area (Å²) in [6, 6.07) is 0.141. The van der Waals surface area contributed by atoms with Crippen molar-refractivity contribution >= 4 is 29.2 Å². The highest BCUT2D eigenvalue weighted by Gasteiger charge is 2.11. The molecule has 0 atom stereocenters. The maximum atomic E-state index is 11.2. The van der Waals surface area contributed by atoms with E-state index in [1.807, 2.05) is 0 Å². The Balaban J connectivity index is 2.74. The van der Waals surface area contributed by atoms with Gasteiger partial charge < -0.3 is 19.5 Å². The maximum Gasteiger partial charge on any atom is 0.413 e. The predicted octanol–water partition coefficient (Wildman–Crippen LogP) is 0.937. The third kappa shape index (κ3) is 4.54. The molecule has 0 unspecified atom stereocenters. The summed E-state index contributed by atoms with van der Waals surface area (Å²) in [5, 5.41) is 5.03. The van der Waals surface area contributed by atoms with Gasteiger partial charge in [-0.15, -0.1) is 0 Å². The lowest BCUT2D eigenvalue weighted by Gasteiger charge is -2.11. The van der Waals surface area contributed by atoms with Gasteiger partial charge >= 0.3 is 12.1 Å². The predicted molar refractivity (Wildman–Crippen MR) is 71.5 cm³/mol. The van der Waals surface area contributed by atoms with Gasteiger partial charge in [-0.3, -0.25) is 5.32 Å². The topological polar surface area (TPSA) is 94.6 Å². The number of carbonyl (C=O) groups is 1. The molecule has 1 heterocycles. The van der Waals surface area contributed by atoms with Gasteiger partial charge in [0.1, 0.15) is 0 Å². The summed E-state index contributed by atoms with van der Waals surface area (Å²) < 4.78 is 14.6. The van der Waals surface area contributed by atoms with Crippen LogP contribution in [0.4, 0.5) is 10.6 Å². The first-order chi connectivity index (χ1) is 9.10. The van der Waals surface area contributed by atoms with E-state index < -0.39 is 6.09 Å². The van der Waals surface area contributed by atoms with Crippen molar-refractivity contribution in [3.8, 4) is 11.8 Å². The van der Waals surface area contributed by atoms with Crippen LogP contribution in [-0.2, 0) is 4.74 Å². The molecule has 0 aliphatic carbocycles. The van der Waals surface area contributed by atoms with Crippen molar-refractivity contribution in [1.29, 1.82) is 0 Å². The smallest absolute Gasteiger partial charge is 0.413 e. The number of nitrogens with one attached hydrogen (secondary N) is 2. The lowest BCUT2D eigenvalue weighted by Crippen LogP contribution is -2.34. The second kappa shape index (κ2) is 7.31. The molecule has 104 valence electrons. The van der Waals surface area contributed by atoms with Gasteiger partial charge in [-0.05, 0) is 19.1 Å². The molecule has 0 bridgehead atoms. The van der Waals surface area contributed by atoms with Crippen LogP contribution in [0.2, 0.25) is 0 Å². The largest absolute Gasteiger partial charge is 0.491 e. The fraction of sp³-hybridized carbons (Fsp3) is 0.400. The average Bonchev–Trinajstić information content (AvgIpc) is 2.38. The molecule has 8 nitrogen and oxygen atoms in total. The number of carbonyl (C=O) groups excluding carboxylic acids is 1. The van der Waals surface area contributed by atoms with Crippen LogP contribution in [0.1, 0.15) is 6.92 Å². The fourth-order valence-electron chi connectivity index (χ4n) is 1.09. The summed E-state index contributed by atoms with van der Waals surface area (Å²) in [4.78, 5) is 19.1. The Morgan fingerprint density at radius 3 is 2.74 bits per heavy atom. The van der Waals surface area contributed by atoms with Gasteiger partial charge in [-0.25, -0.2) is 4.79 Å². The molecule has 1 aromatic heterocycles. The summed E-state index contributed by atoms with van der Waals surface area (Å²) in [6.07, 6.45) is 0.765. The second-order valence-corrected chi connectivity index (χ2v) is 3.48. The molecule has 2 N–H and O–H groups in total. The molecule has 19 heavy (non-hydrogen) atoms. The summed E-state index contributed by atoms with van der Waals surface area (Å²) in [5.41, 5.74) is 0. The van der Waals surface area contributed by atoms with Crippen LogP contribution in [-0.4, -0.2) is 42.0 Å². The Kier molecular flexibility index (Phi) is 5.73. The number of alkyl carbamates (subject to hydrolysis) is 1. The Hall–Kier alpha value is -2.16. The Morgan fingerprint density at radius 1 is 1.42 bits per heavy atom. The molecule has 0 fully saturated rings. The molecule has 0 aliphatic heterocycles. The molecule has 0 saturated heterocycles. The summed E-state index contributed by atoms with van der Waals surface area (Å²) >= 11 is 4.93. The second-order valence-electron chi connectivity index (χ2n) is 3.07. The number of methoxy groups -OCH3 is 2. The molecule has 9 heteroatoms. The molecular weight excluding hydrogens is 272 g/mol. The first-order valence-electron chi connectivity index (χ1n) is 5.30. The number of amides is 1. The van der Waals surface area contributed by atoms with E-state index in [9.17, 15) is 4.79 Å². The van der Waals surface area contributed by atoms with E-state index in [0.717, 1.165) is 0 Å². The number of anilines is 1. The molecule has 0 radical (unpaired) electrons. The number of hydrogen-bond donors (Lipinski definition) is 2. The monoisotopic (exact) mass is 286 g/mol. The van der Waals surface area contributed by atoms with Crippen molar-refractivity contribution in [1.82, 2.24) is 15.3 Å². The molecular formula is C10H14N4O4S. The molecule has 0 saturated carbocycles. The van der Waals surface area contributed by atoms with Gasteiger partial charge in [0, 0.05) is 0 Å². The summed E-state index contributed by atoms with van der Waals surface area (Å²) in [7, 11) is 2.89. The zero-order chi connectivity index (χ0) is 14.3. The van der Waals surface area contributed by atoms with Crippen molar-refractivity contribution < 1.29 is 19.0 Å². The lowest BCUT2D eigenvalue weighted by molar-refractivity contribution is 0.158. The van der Waals surface area contributed by atoms with Crippen LogP contribution in [0, 0.1) is 0 Å². The van der Waals surface area contributed by atoms with Gasteiger partial charge in [0.2, 0.25) is 0 Å². The number of hydrogen-bond acceptors (Lipinski definition) is 7. The van der Waals surface area contributed by atoms with Gasteiger partial charge in [-0.2, -0.15) is 9.97 Å². The standard InChI is InChI=1S/C10H14N4O4S/c1-4-18-10(15)14-9(19)13-7-6(16-2)5-11-8(12-7)17-3/h5H,4H2,1-3H3,(H2,11,12,13,14,15,19). The van der Waals surface area contributed by atoms with E-state index in [1.54, 1.807) is 6.92 Å². The van der Waals surface area contributed by atoms with Crippen LogP contribution in [0.5, 0.6) is 11.8 Å². The number of ether oxygens (including phenoxy) is 3. The quantitative estimate of drug-likeness (QED) is 0.790. The first kappa shape index (κ1) is 14.9. The van der Waals surface area contributed by atoms with Crippen molar-refractivity contribution in [3.63, 3.8) is 0 Å². The van der Waals surface area contributed by atoms with Crippen LogP contribution in [0.25, 0.3) is 0 Å². The molecule has 1 amide bonds. The van der Waals surface area contributed by atoms with Crippen LogP contribution in [0.15, 0.2) is 6.20 Å². The van der Waals surface area contributed by atoms with Crippen LogP contribution < -0.4 is 20.1 Å². The zero-order valence-corrected chi connectivity index (χ0v) is 11.5. The van der Waals surface area contributed by atoms with Crippen LogP contribution >= 0.6 is 12.2 Å². The van der Waals surface area contributed by atoms with Crippen molar-refractivity contribution in [2.45, 2.75) is 6.92 Å². The Bertz CT molecular complexity index is 469. The minimum Gasteiger partial charge on any atom is -0.491 e. The average molecular weight is 286 g/mol. The first-order valence-corrected chi connectivity index (χ1v) is 5.71. The molecule has 1 rings (SSSR count). The number of aromatic nitrogens is 2. The van der Waals surface area contributed by atoms with Gasteiger partial charge in [0.15, 0.2) is 16.7 Å². The number of thiocarbonyl (C=S) groups is 1. The number of nitrogens with zero attached hydrogens (tertiary/aromatic N) is 2. The maximum absolute atomic E-state index is 11.2. The highest BCUT2D eigenvalue weighted by Crippen LogP contribution is 2.22. The zero-order valence-electron chi connectivity index (χ0n) is 10.7. The van der Waals surface area contributed by atoms with E-state index in [1.165, 1.54) is 20.4 Å². The third-order valence-corrected chi connectivity index (χ3v) is 2.06. The number of rotatable bonds is 4. The van der Waals surface area contributed by atoms with Gasteiger partial charge in [-0.1, -0.05) is 0 Å². The lowest BCUT2D eigenvalue weighted by atomic mass is 10.5. The minimum absolute atomic E-state index is 0.0255. The Labute approximate surface area is 115 Å². The van der Waals surface area contributed by atoms with E-state index in [0.29, 0.717) is 5.75 Å². The van der Waals surface area contributed by atoms with Crippen LogP contribution in [0.3, 0.4) is 0 Å². The molecule has 0 aromatic carbocycles. The van der Waals surface area contributed by atoms with E-state index in [4.69, 9.17) is 21.7 Å². The highest BCUT2D eigenvalue weighted by molar-refractivity contribution is 7.80. The van der Waals surface area contributed by atoms with E-state index >= 15 is 0 Å². The van der Waals surface area contributed by atoms with Crippen molar-refractivity contribution in [2.24, 2.45) is 0 Å². The molecule has 1 aromatic rings. The summed E-state index contributed by atoms with van der Waals surface area (Å²) in [5.74, 6) is 0.630. The minimum atomic E-state index is -0.653.